The number of aliphatic carboxylic acids is 1. The number of hydrogen-bond acceptors (Lipinski definition) is 5. The number of rotatable bonds is 6. The molecule has 0 aromatic carbocycles. The van der Waals surface area contributed by atoms with Crippen LogP contribution in [0.3, 0.4) is 0 Å². The first-order valence-electron chi connectivity index (χ1n) is 4.55. The molecule has 0 saturated carbocycles. The van der Waals surface area contributed by atoms with Crippen LogP contribution in [0.2, 0.25) is 0 Å². The number of ether oxygens (including phenoxy) is 2. The molecule has 15 heavy (non-hydrogen) atoms. The van der Waals surface area contributed by atoms with E-state index in [1.54, 1.807) is 13.8 Å². The van der Waals surface area contributed by atoms with E-state index in [4.69, 9.17) is 20.1 Å². The summed E-state index contributed by atoms with van der Waals surface area (Å²) in [6.45, 7) is 3.49. The summed E-state index contributed by atoms with van der Waals surface area (Å²) in [5.74, 6) is -0.933. The molecule has 0 aliphatic carbocycles. The zero-order chi connectivity index (χ0) is 12.3. The lowest BCUT2D eigenvalue weighted by Gasteiger charge is -2.10. The van der Waals surface area contributed by atoms with Gasteiger partial charge >= 0.3 is 5.97 Å². The molecule has 0 bridgehead atoms. The minimum atomic E-state index is -0.933. The van der Waals surface area contributed by atoms with Gasteiger partial charge in [0.05, 0.1) is 25.4 Å². The second-order valence-corrected chi connectivity index (χ2v) is 3.00. The highest BCUT2D eigenvalue weighted by atomic mass is 16.5. The number of carboxylic acids is 1. The van der Waals surface area contributed by atoms with E-state index in [9.17, 15) is 4.79 Å². The molecule has 92 valence electrons. The topological polar surface area (TPSA) is 96.2 Å². The largest absolute Gasteiger partial charge is 0.480 e. The lowest BCUT2D eigenvalue weighted by atomic mass is 10.4. The van der Waals surface area contributed by atoms with Crippen LogP contribution in [0, 0.1) is 0 Å². The summed E-state index contributed by atoms with van der Waals surface area (Å²) in [5, 5.41) is 24.9. The van der Waals surface area contributed by atoms with E-state index in [1.165, 1.54) is 7.11 Å². The van der Waals surface area contributed by atoms with Crippen LogP contribution < -0.4 is 0 Å². The van der Waals surface area contributed by atoms with Gasteiger partial charge in [-0.15, -0.1) is 0 Å². The summed E-state index contributed by atoms with van der Waals surface area (Å²) < 4.78 is 9.16. The molecule has 6 heteroatoms. The first-order valence-corrected chi connectivity index (χ1v) is 4.55. The Kier molecular flexibility index (Phi) is 12.7. The van der Waals surface area contributed by atoms with Crippen LogP contribution in [0.1, 0.15) is 13.8 Å². The number of methoxy groups -OCH3 is 1. The Morgan fingerprint density at radius 2 is 1.93 bits per heavy atom. The fourth-order valence-electron chi connectivity index (χ4n) is 0.480. The molecule has 0 heterocycles. The van der Waals surface area contributed by atoms with Crippen molar-refractivity contribution in [2.45, 2.75) is 26.1 Å². The minimum Gasteiger partial charge on any atom is -0.480 e. The second kappa shape index (κ2) is 11.4. The summed E-state index contributed by atoms with van der Waals surface area (Å²) in [6, 6.07) is 0. The number of carbonyl (C=O) groups is 1. The van der Waals surface area contributed by atoms with E-state index >= 15 is 0 Å². The first kappa shape index (κ1) is 16.7. The van der Waals surface area contributed by atoms with Crippen LogP contribution in [0.15, 0.2) is 0 Å². The highest BCUT2D eigenvalue weighted by molar-refractivity contribution is 5.67. The molecule has 0 aromatic heterocycles. The molecule has 2 unspecified atom stereocenters. The molecule has 0 spiro atoms. The summed E-state index contributed by atoms with van der Waals surface area (Å²) in [6.07, 6.45) is -0.612. The van der Waals surface area contributed by atoms with E-state index in [2.05, 4.69) is 4.74 Å². The van der Waals surface area contributed by atoms with Gasteiger partial charge in [0.2, 0.25) is 0 Å². The van der Waals surface area contributed by atoms with E-state index in [0.29, 0.717) is 6.61 Å². The predicted octanol–water partition coefficient (Wildman–Crippen LogP) is -0.518. The van der Waals surface area contributed by atoms with Gasteiger partial charge in [-0.25, -0.2) is 4.79 Å². The highest BCUT2D eigenvalue weighted by Gasteiger charge is 2.00. The molecule has 0 radical (unpaired) electrons. The summed E-state index contributed by atoms with van der Waals surface area (Å²) in [7, 11) is 1.34. The Labute approximate surface area is 89.4 Å². The summed E-state index contributed by atoms with van der Waals surface area (Å²) in [5.41, 5.74) is 0. The van der Waals surface area contributed by atoms with Crippen molar-refractivity contribution in [3.8, 4) is 0 Å². The van der Waals surface area contributed by atoms with Gasteiger partial charge in [-0.1, -0.05) is 0 Å². The number of aliphatic hydroxyl groups excluding tert-OH is 2. The van der Waals surface area contributed by atoms with Crippen molar-refractivity contribution in [1.29, 1.82) is 0 Å². The Morgan fingerprint density at radius 3 is 2.13 bits per heavy atom. The van der Waals surface area contributed by atoms with Crippen LogP contribution in [0.25, 0.3) is 0 Å². The van der Waals surface area contributed by atoms with Gasteiger partial charge in [0, 0.05) is 7.11 Å². The number of carboxylic acid groups (broad SMARTS) is 1. The van der Waals surface area contributed by atoms with E-state index < -0.39 is 12.1 Å². The third kappa shape index (κ3) is 19.6. The zero-order valence-corrected chi connectivity index (χ0v) is 9.34. The van der Waals surface area contributed by atoms with Crippen molar-refractivity contribution < 1.29 is 29.6 Å². The van der Waals surface area contributed by atoms with Crippen molar-refractivity contribution >= 4 is 5.97 Å². The third-order valence-corrected chi connectivity index (χ3v) is 1.15. The Morgan fingerprint density at radius 1 is 1.40 bits per heavy atom. The van der Waals surface area contributed by atoms with Crippen LogP contribution in [-0.2, 0) is 14.3 Å². The van der Waals surface area contributed by atoms with Crippen LogP contribution in [0.4, 0.5) is 0 Å². The second-order valence-electron chi connectivity index (χ2n) is 3.00. The average molecular weight is 224 g/mol. The van der Waals surface area contributed by atoms with Crippen molar-refractivity contribution in [3.63, 3.8) is 0 Å². The maximum absolute atomic E-state index is 9.47. The van der Waals surface area contributed by atoms with Crippen LogP contribution in [-0.4, -0.2) is 60.4 Å². The lowest BCUT2D eigenvalue weighted by molar-refractivity contribution is -0.141. The van der Waals surface area contributed by atoms with Crippen LogP contribution >= 0.6 is 0 Å². The zero-order valence-electron chi connectivity index (χ0n) is 9.34. The van der Waals surface area contributed by atoms with Gasteiger partial charge < -0.3 is 24.8 Å². The third-order valence-electron chi connectivity index (χ3n) is 1.15. The molecule has 0 aromatic rings. The van der Waals surface area contributed by atoms with E-state index in [0.717, 1.165) is 0 Å². The van der Waals surface area contributed by atoms with Crippen molar-refractivity contribution in [3.05, 3.63) is 0 Å². The Bertz CT molecular complexity index is 148. The average Bonchev–Trinajstić information content (AvgIpc) is 2.14. The van der Waals surface area contributed by atoms with E-state index in [1.807, 2.05) is 0 Å². The van der Waals surface area contributed by atoms with Crippen molar-refractivity contribution in [2.75, 3.05) is 26.9 Å². The molecular formula is C9H20O6. The van der Waals surface area contributed by atoms with Gasteiger partial charge in [-0.2, -0.15) is 0 Å². The molecule has 0 aliphatic heterocycles. The van der Waals surface area contributed by atoms with Gasteiger partial charge in [-0.3, -0.25) is 0 Å². The molecule has 0 saturated heterocycles. The maximum Gasteiger partial charge on any atom is 0.329 e. The minimum absolute atomic E-state index is 0.00667. The monoisotopic (exact) mass is 224 g/mol. The van der Waals surface area contributed by atoms with Gasteiger partial charge in [-0.05, 0) is 13.8 Å². The van der Waals surface area contributed by atoms with Gasteiger partial charge in [0.25, 0.3) is 0 Å². The molecule has 6 nitrogen and oxygen atoms in total. The van der Waals surface area contributed by atoms with Crippen LogP contribution in [0.5, 0.6) is 0 Å². The van der Waals surface area contributed by atoms with E-state index in [-0.39, 0.29) is 19.3 Å². The molecule has 3 N–H and O–H groups in total. The molecule has 0 amide bonds. The Hall–Kier alpha value is -0.690. The SMILES string of the molecule is CC(O)COC(C)CO.COCC(=O)O. The summed E-state index contributed by atoms with van der Waals surface area (Å²) in [4.78, 5) is 9.47. The molecule has 0 aliphatic rings. The molecular weight excluding hydrogens is 204 g/mol. The molecule has 2 atom stereocenters. The van der Waals surface area contributed by atoms with Gasteiger partial charge in [0.15, 0.2) is 0 Å². The van der Waals surface area contributed by atoms with Crippen molar-refractivity contribution in [2.24, 2.45) is 0 Å². The quantitative estimate of drug-likeness (QED) is 0.562. The number of hydrogen-bond donors (Lipinski definition) is 3. The maximum atomic E-state index is 9.47. The lowest BCUT2D eigenvalue weighted by Crippen LogP contribution is -2.19. The summed E-state index contributed by atoms with van der Waals surface area (Å²) >= 11 is 0. The fraction of sp³-hybridized carbons (Fsp3) is 0.889. The molecule has 0 fully saturated rings. The van der Waals surface area contributed by atoms with Gasteiger partial charge in [0.1, 0.15) is 6.61 Å². The Balaban J connectivity index is 0. The number of aliphatic hydroxyl groups is 2. The highest BCUT2D eigenvalue weighted by Crippen LogP contribution is 1.90. The van der Waals surface area contributed by atoms with Crippen molar-refractivity contribution in [1.82, 2.24) is 0 Å². The normalized spacial score (nSPS) is 13.7. The smallest absolute Gasteiger partial charge is 0.329 e. The first-order chi connectivity index (χ1) is 6.93. The predicted molar refractivity (Wildman–Crippen MR) is 53.7 cm³/mol. The molecule has 0 rings (SSSR count). The standard InChI is InChI=1S/C6H14O3.C3H6O3/c1-5(8)4-9-6(2)3-7;1-6-2-3(4)5/h5-8H,3-4H2,1-2H3;2H2,1H3,(H,4,5). The fourth-order valence-corrected chi connectivity index (χ4v) is 0.480.